The molecule has 0 aromatic carbocycles. The Labute approximate surface area is 93.2 Å². The molecule has 1 saturated heterocycles. The molecule has 3 heteroatoms. The highest BCUT2D eigenvalue weighted by atomic mass is 16.2. The number of nitrogens with one attached hydrogen (secondary N) is 1. The van der Waals surface area contributed by atoms with E-state index in [4.69, 9.17) is 0 Å². The predicted octanol–water partition coefficient (Wildman–Crippen LogP) is 1.63. The summed E-state index contributed by atoms with van der Waals surface area (Å²) in [4.78, 5) is 14.0. The minimum absolute atomic E-state index is 0.321. The molecule has 1 fully saturated rings. The number of piperidine rings is 1. The minimum atomic E-state index is 0.321. The molecule has 0 radical (unpaired) electrons. The minimum Gasteiger partial charge on any atom is -0.339 e. The molecule has 0 saturated carbocycles. The Morgan fingerprint density at radius 2 is 2.27 bits per heavy atom. The molecule has 1 N–H and O–H groups in total. The molecule has 3 nitrogen and oxygen atoms in total. The first-order valence-corrected chi connectivity index (χ1v) is 6.15. The molecule has 0 bridgehead atoms. The Kier molecular flexibility index (Phi) is 5.09. The molecule has 1 rings (SSSR count). The molecule has 0 spiro atoms. The van der Waals surface area contributed by atoms with Crippen molar-refractivity contribution in [3.8, 4) is 0 Å². The van der Waals surface area contributed by atoms with Crippen molar-refractivity contribution in [1.29, 1.82) is 0 Å². The fraction of sp³-hybridized carbons (Fsp3) is 0.917. The number of likely N-dealkylation sites (N-methyl/N-ethyl adjacent to an activating group) is 1. The zero-order valence-electron chi connectivity index (χ0n) is 10.3. The summed E-state index contributed by atoms with van der Waals surface area (Å²) in [5.41, 5.74) is 0. The summed E-state index contributed by atoms with van der Waals surface area (Å²) in [7, 11) is 0. The topological polar surface area (TPSA) is 32.3 Å². The third-order valence-electron chi connectivity index (χ3n) is 2.96. The van der Waals surface area contributed by atoms with Crippen molar-refractivity contribution in [2.75, 3.05) is 19.6 Å². The lowest BCUT2D eigenvalue weighted by Gasteiger charge is -2.34. The fourth-order valence-corrected chi connectivity index (χ4v) is 2.20. The van der Waals surface area contributed by atoms with E-state index in [0.717, 1.165) is 26.1 Å². The van der Waals surface area contributed by atoms with Crippen LogP contribution in [0.4, 0.5) is 0 Å². The number of rotatable bonds is 4. The van der Waals surface area contributed by atoms with E-state index < -0.39 is 0 Å². The Morgan fingerprint density at radius 1 is 1.53 bits per heavy atom. The van der Waals surface area contributed by atoms with Crippen LogP contribution in [0.15, 0.2) is 0 Å². The molecule has 1 aliphatic rings. The van der Waals surface area contributed by atoms with Gasteiger partial charge >= 0.3 is 0 Å². The van der Waals surface area contributed by atoms with Gasteiger partial charge in [-0.25, -0.2) is 0 Å². The molecular formula is C12H24N2O. The van der Waals surface area contributed by atoms with Crippen LogP contribution in [0, 0.1) is 5.92 Å². The molecule has 0 aromatic heterocycles. The first kappa shape index (κ1) is 12.5. The van der Waals surface area contributed by atoms with Crippen LogP contribution in [-0.2, 0) is 4.79 Å². The van der Waals surface area contributed by atoms with E-state index >= 15 is 0 Å². The maximum absolute atomic E-state index is 12.0. The fourth-order valence-electron chi connectivity index (χ4n) is 2.20. The van der Waals surface area contributed by atoms with Crippen LogP contribution in [0.1, 0.15) is 40.0 Å². The van der Waals surface area contributed by atoms with Crippen molar-refractivity contribution in [2.24, 2.45) is 5.92 Å². The Bertz CT molecular complexity index is 198. The molecule has 15 heavy (non-hydrogen) atoms. The quantitative estimate of drug-likeness (QED) is 0.768. The van der Waals surface area contributed by atoms with Crippen molar-refractivity contribution in [2.45, 2.75) is 46.1 Å². The van der Waals surface area contributed by atoms with Crippen molar-refractivity contribution < 1.29 is 4.79 Å². The van der Waals surface area contributed by atoms with Crippen LogP contribution in [0.5, 0.6) is 0 Å². The Morgan fingerprint density at radius 3 is 2.73 bits per heavy atom. The van der Waals surface area contributed by atoms with E-state index in [9.17, 15) is 4.79 Å². The second kappa shape index (κ2) is 6.11. The van der Waals surface area contributed by atoms with Gasteiger partial charge in [-0.3, -0.25) is 4.79 Å². The van der Waals surface area contributed by atoms with E-state index in [-0.39, 0.29) is 0 Å². The number of nitrogens with zero attached hydrogens (tertiary/aromatic N) is 1. The van der Waals surface area contributed by atoms with Gasteiger partial charge < -0.3 is 10.2 Å². The lowest BCUT2D eigenvalue weighted by atomic mass is 10.0. The van der Waals surface area contributed by atoms with Crippen molar-refractivity contribution >= 4 is 5.91 Å². The van der Waals surface area contributed by atoms with Crippen molar-refractivity contribution in [3.63, 3.8) is 0 Å². The molecule has 88 valence electrons. The van der Waals surface area contributed by atoms with Gasteiger partial charge in [0, 0.05) is 25.6 Å². The second-order valence-corrected chi connectivity index (χ2v) is 4.78. The van der Waals surface area contributed by atoms with Crippen LogP contribution in [0.2, 0.25) is 0 Å². The average Bonchev–Trinajstić information content (AvgIpc) is 2.19. The first-order valence-electron chi connectivity index (χ1n) is 6.15. The second-order valence-electron chi connectivity index (χ2n) is 4.78. The van der Waals surface area contributed by atoms with E-state index in [2.05, 4.69) is 26.1 Å². The average molecular weight is 212 g/mol. The van der Waals surface area contributed by atoms with Crippen molar-refractivity contribution in [1.82, 2.24) is 10.2 Å². The third kappa shape index (κ3) is 3.82. The zero-order valence-corrected chi connectivity index (χ0v) is 10.3. The van der Waals surface area contributed by atoms with Gasteiger partial charge in [-0.1, -0.05) is 13.8 Å². The summed E-state index contributed by atoms with van der Waals surface area (Å²) in [6.07, 6.45) is 3.03. The maximum atomic E-state index is 12.0. The Hall–Kier alpha value is -0.570. The summed E-state index contributed by atoms with van der Waals surface area (Å²) in [5.74, 6) is 0.782. The highest BCUT2D eigenvalue weighted by molar-refractivity contribution is 5.76. The van der Waals surface area contributed by atoms with Gasteiger partial charge in [0.25, 0.3) is 0 Å². The number of amides is 1. The molecule has 1 unspecified atom stereocenters. The third-order valence-corrected chi connectivity index (χ3v) is 2.96. The standard InChI is InChI=1S/C12H24N2O/c1-4-14(12(15)8-10(2)3)11-6-5-7-13-9-11/h10-11,13H,4-9H2,1-3H3. The van der Waals surface area contributed by atoms with Crippen LogP contribution in [-0.4, -0.2) is 36.5 Å². The molecule has 0 aromatic rings. The highest BCUT2D eigenvalue weighted by Gasteiger charge is 2.23. The monoisotopic (exact) mass is 212 g/mol. The summed E-state index contributed by atoms with van der Waals surface area (Å²) in [6.45, 7) is 9.20. The van der Waals surface area contributed by atoms with Gasteiger partial charge in [0.1, 0.15) is 0 Å². The molecule has 0 aliphatic carbocycles. The normalized spacial score (nSPS) is 21.7. The lowest BCUT2D eigenvalue weighted by Crippen LogP contribution is -2.48. The smallest absolute Gasteiger partial charge is 0.223 e. The van der Waals surface area contributed by atoms with E-state index in [0.29, 0.717) is 24.3 Å². The number of carbonyl (C=O) groups excluding carboxylic acids is 1. The van der Waals surface area contributed by atoms with Crippen LogP contribution in [0.3, 0.4) is 0 Å². The van der Waals surface area contributed by atoms with Gasteiger partial charge in [0.2, 0.25) is 5.91 Å². The SMILES string of the molecule is CCN(C(=O)CC(C)C)C1CCCNC1. The zero-order chi connectivity index (χ0) is 11.3. The molecule has 1 atom stereocenters. The highest BCUT2D eigenvalue weighted by Crippen LogP contribution is 2.13. The summed E-state index contributed by atoms with van der Waals surface area (Å²) < 4.78 is 0. The molecule has 1 heterocycles. The number of hydrogen-bond donors (Lipinski definition) is 1. The molecule has 1 aliphatic heterocycles. The van der Waals surface area contributed by atoms with Gasteiger partial charge in [-0.05, 0) is 32.2 Å². The summed E-state index contributed by atoms with van der Waals surface area (Å²) in [6, 6.07) is 0.426. The molecular weight excluding hydrogens is 188 g/mol. The van der Waals surface area contributed by atoms with Gasteiger partial charge in [0.05, 0.1) is 0 Å². The van der Waals surface area contributed by atoms with E-state index in [1.165, 1.54) is 6.42 Å². The lowest BCUT2D eigenvalue weighted by molar-refractivity contribution is -0.134. The van der Waals surface area contributed by atoms with Gasteiger partial charge in [-0.2, -0.15) is 0 Å². The number of carbonyl (C=O) groups is 1. The van der Waals surface area contributed by atoms with Gasteiger partial charge in [0.15, 0.2) is 0 Å². The summed E-state index contributed by atoms with van der Waals surface area (Å²) >= 11 is 0. The van der Waals surface area contributed by atoms with Crippen molar-refractivity contribution in [3.05, 3.63) is 0 Å². The largest absolute Gasteiger partial charge is 0.339 e. The van der Waals surface area contributed by atoms with E-state index in [1.54, 1.807) is 0 Å². The Balaban J connectivity index is 2.49. The molecule has 1 amide bonds. The summed E-state index contributed by atoms with van der Waals surface area (Å²) in [5, 5.41) is 3.36. The maximum Gasteiger partial charge on any atom is 0.223 e. The van der Waals surface area contributed by atoms with Crippen LogP contribution < -0.4 is 5.32 Å². The first-order chi connectivity index (χ1) is 7.15. The van der Waals surface area contributed by atoms with E-state index in [1.807, 2.05) is 4.90 Å². The van der Waals surface area contributed by atoms with Gasteiger partial charge in [-0.15, -0.1) is 0 Å². The van der Waals surface area contributed by atoms with Crippen LogP contribution in [0.25, 0.3) is 0 Å². The predicted molar refractivity (Wildman–Crippen MR) is 62.7 cm³/mol. The van der Waals surface area contributed by atoms with Crippen LogP contribution >= 0.6 is 0 Å². The number of hydrogen-bond acceptors (Lipinski definition) is 2.